The van der Waals surface area contributed by atoms with Crippen molar-refractivity contribution in [1.82, 2.24) is 14.9 Å². The fourth-order valence-electron chi connectivity index (χ4n) is 4.08. The van der Waals surface area contributed by atoms with Crippen LogP contribution in [0, 0.1) is 11.7 Å². The van der Waals surface area contributed by atoms with E-state index in [1.54, 1.807) is 12.1 Å². The highest BCUT2D eigenvalue weighted by molar-refractivity contribution is 7.71. The summed E-state index contributed by atoms with van der Waals surface area (Å²) in [4.78, 5) is 22.1. The highest BCUT2D eigenvalue weighted by Crippen LogP contribution is 2.37. The maximum absolute atomic E-state index is 13.7. The summed E-state index contributed by atoms with van der Waals surface area (Å²) in [6.45, 7) is 1.85. The van der Waals surface area contributed by atoms with E-state index in [2.05, 4.69) is 15.3 Å². The van der Waals surface area contributed by atoms with Crippen LogP contribution in [-0.2, 0) is 18.9 Å². The maximum atomic E-state index is 13.7. The fraction of sp³-hybridized carbons (Fsp3) is 0.292. The van der Waals surface area contributed by atoms with Gasteiger partial charge in [-0.1, -0.05) is 24.3 Å². The number of amides is 1. The summed E-state index contributed by atoms with van der Waals surface area (Å²) in [5.74, 6) is -0.396. The molecule has 1 aliphatic heterocycles. The van der Waals surface area contributed by atoms with E-state index in [1.165, 1.54) is 4.90 Å². The van der Waals surface area contributed by atoms with Crippen molar-refractivity contribution in [3.8, 4) is 11.3 Å². The van der Waals surface area contributed by atoms with Gasteiger partial charge in [-0.25, -0.2) is 4.98 Å². The van der Waals surface area contributed by atoms with Crippen molar-refractivity contribution in [2.45, 2.75) is 32.2 Å². The number of aromatic amines is 1. The summed E-state index contributed by atoms with van der Waals surface area (Å²) in [6.07, 6.45) is -9.57. The van der Waals surface area contributed by atoms with Crippen LogP contribution in [0.3, 0.4) is 0 Å². The van der Waals surface area contributed by atoms with E-state index in [4.69, 9.17) is 12.2 Å². The average Bonchev–Trinajstić information content (AvgIpc) is 2.78. The van der Waals surface area contributed by atoms with E-state index in [1.807, 2.05) is 19.1 Å². The minimum absolute atomic E-state index is 0.0677. The van der Waals surface area contributed by atoms with E-state index >= 15 is 0 Å². The van der Waals surface area contributed by atoms with E-state index in [0.29, 0.717) is 36.4 Å². The standard InChI is InChI=1S/C24H20F6N4OS/c1-13-5-2-3-6-17(13)19-18-20(33-22(36)32-19)31-7-4-8-34(21(18)35)12-14-9-15(23(25,26)27)11-16(10-14)24(28,29)30/h2-3,5-6,9-11H,4,7-8,12H2,1H3,(H2,31,32,33,36). The third-order valence-corrected chi connectivity index (χ3v) is 5.96. The molecule has 0 radical (unpaired) electrons. The van der Waals surface area contributed by atoms with E-state index in [-0.39, 0.29) is 34.3 Å². The Hall–Kier alpha value is -3.41. The smallest absolute Gasteiger partial charge is 0.369 e. The van der Waals surface area contributed by atoms with Crippen molar-refractivity contribution >= 4 is 23.9 Å². The van der Waals surface area contributed by atoms with Crippen LogP contribution in [0.5, 0.6) is 0 Å². The number of H-pyrrole nitrogens is 1. The molecule has 1 aliphatic rings. The molecule has 36 heavy (non-hydrogen) atoms. The Kier molecular flexibility index (Phi) is 6.82. The second-order valence-electron chi connectivity index (χ2n) is 8.38. The number of hydrogen-bond acceptors (Lipinski definition) is 4. The van der Waals surface area contributed by atoms with Gasteiger partial charge in [0.2, 0.25) is 0 Å². The number of rotatable bonds is 3. The Morgan fingerprint density at radius 3 is 2.28 bits per heavy atom. The molecule has 5 nitrogen and oxygen atoms in total. The molecule has 190 valence electrons. The quantitative estimate of drug-likeness (QED) is 0.298. The molecule has 2 aromatic carbocycles. The fourth-order valence-corrected chi connectivity index (χ4v) is 4.28. The number of halogens is 6. The number of aryl methyl sites for hydroxylation is 1. The lowest BCUT2D eigenvalue weighted by Gasteiger charge is -2.28. The molecule has 0 aliphatic carbocycles. The van der Waals surface area contributed by atoms with Crippen molar-refractivity contribution in [2.75, 3.05) is 18.4 Å². The first-order valence-electron chi connectivity index (χ1n) is 10.9. The summed E-state index contributed by atoms with van der Waals surface area (Å²) < 4.78 is 80.2. The lowest BCUT2D eigenvalue weighted by Crippen LogP contribution is -2.36. The number of hydrogen-bond donors (Lipinski definition) is 2. The van der Waals surface area contributed by atoms with Gasteiger partial charge < -0.3 is 15.2 Å². The Morgan fingerprint density at radius 1 is 1.03 bits per heavy atom. The predicted molar refractivity (Wildman–Crippen MR) is 124 cm³/mol. The van der Waals surface area contributed by atoms with Crippen molar-refractivity contribution < 1.29 is 31.1 Å². The normalized spacial score (nSPS) is 14.6. The highest BCUT2D eigenvalue weighted by atomic mass is 32.1. The molecule has 0 fully saturated rings. The van der Waals surface area contributed by atoms with Gasteiger partial charge in [-0.05, 0) is 54.9 Å². The number of nitrogens with zero attached hydrogens (tertiary/aromatic N) is 2. The predicted octanol–water partition coefficient (Wildman–Crippen LogP) is 6.61. The lowest BCUT2D eigenvalue weighted by atomic mass is 9.99. The molecule has 1 aromatic heterocycles. The van der Waals surface area contributed by atoms with Crippen molar-refractivity contribution in [3.63, 3.8) is 0 Å². The minimum Gasteiger partial charge on any atom is -0.369 e. The molecule has 3 aromatic rings. The second-order valence-corrected chi connectivity index (χ2v) is 8.76. The van der Waals surface area contributed by atoms with Gasteiger partial charge in [0.25, 0.3) is 5.91 Å². The van der Waals surface area contributed by atoms with Crippen molar-refractivity contribution in [3.05, 3.63) is 75.1 Å². The molecule has 4 rings (SSSR count). The number of alkyl halides is 6. The van der Waals surface area contributed by atoms with Gasteiger partial charge >= 0.3 is 12.4 Å². The molecule has 1 amide bonds. The van der Waals surface area contributed by atoms with Gasteiger partial charge in [0.05, 0.1) is 16.8 Å². The summed E-state index contributed by atoms with van der Waals surface area (Å²) in [6, 6.07) is 8.54. The van der Waals surface area contributed by atoms with Crippen LogP contribution >= 0.6 is 12.2 Å². The molecule has 2 N–H and O–H groups in total. The molecular formula is C24H20F6N4OS. The van der Waals surface area contributed by atoms with Gasteiger partial charge in [-0.15, -0.1) is 0 Å². The molecule has 2 heterocycles. The SMILES string of the molecule is Cc1ccccc1-c1[nH]c(=S)nc2c1C(=O)N(Cc1cc(C(F)(F)F)cc(C(F)(F)F)c1)CCCN2. The van der Waals surface area contributed by atoms with Crippen LogP contribution in [0.2, 0.25) is 0 Å². The minimum atomic E-state index is -4.98. The molecular weight excluding hydrogens is 506 g/mol. The molecule has 0 bridgehead atoms. The van der Waals surface area contributed by atoms with Gasteiger partial charge in [0, 0.05) is 25.2 Å². The van der Waals surface area contributed by atoms with Gasteiger partial charge in [-0.2, -0.15) is 26.3 Å². The number of benzene rings is 2. The van der Waals surface area contributed by atoms with Crippen molar-refractivity contribution in [1.29, 1.82) is 0 Å². The highest BCUT2D eigenvalue weighted by Gasteiger charge is 2.37. The summed E-state index contributed by atoms with van der Waals surface area (Å²) >= 11 is 5.23. The van der Waals surface area contributed by atoms with Crippen molar-refractivity contribution in [2.24, 2.45) is 0 Å². The number of anilines is 1. The number of carbonyl (C=O) groups excluding carboxylic acids is 1. The largest absolute Gasteiger partial charge is 0.416 e. The zero-order valence-corrected chi connectivity index (χ0v) is 19.7. The van der Waals surface area contributed by atoms with Crippen LogP contribution in [0.25, 0.3) is 11.3 Å². The summed E-state index contributed by atoms with van der Waals surface area (Å²) in [5, 5.41) is 3.07. The van der Waals surface area contributed by atoms with Gasteiger partial charge in [0.1, 0.15) is 11.4 Å². The molecule has 0 spiro atoms. The zero-order chi connectivity index (χ0) is 26.3. The average molecular weight is 527 g/mol. The monoisotopic (exact) mass is 526 g/mol. The second kappa shape index (κ2) is 9.57. The Morgan fingerprint density at radius 2 is 1.67 bits per heavy atom. The third kappa shape index (κ3) is 5.38. The lowest BCUT2D eigenvalue weighted by molar-refractivity contribution is -0.143. The molecule has 12 heteroatoms. The molecule has 0 unspecified atom stereocenters. The van der Waals surface area contributed by atoms with E-state index in [9.17, 15) is 31.1 Å². The molecule has 0 atom stereocenters. The number of aromatic nitrogens is 2. The van der Waals surface area contributed by atoms with Gasteiger partial charge in [0.15, 0.2) is 4.77 Å². The third-order valence-electron chi connectivity index (χ3n) is 5.77. The summed E-state index contributed by atoms with van der Waals surface area (Å²) in [7, 11) is 0. The van der Waals surface area contributed by atoms with E-state index in [0.717, 1.165) is 5.56 Å². The number of nitrogens with one attached hydrogen (secondary N) is 2. The summed E-state index contributed by atoms with van der Waals surface area (Å²) in [5.41, 5.74) is -1.18. The van der Waals surface area contributed by atoms with Crippen LogP contribution < -0.4 is 5.32 Å². The van der Waals surface area contributed by atoms with Crippen LogP contribution in [-0.4, -0.2) is 33.9 Å². The number of fused-ring (bicyclic) bond motifs is 1. The Balaban J connectivity index is 1.82. The van der Waals surface area contributed by atoms with Crippen LogP contribution in [0.4, 0.5) is 32.2 Å². The van der Waals surface area contributed by atoms with Gasteiger partial charge in [-0.3, -0.25) is 4.79 Å². The topological polar surface area (TPSA) is 61.0 Å². The first-order chi connectivity index (χ1) is 16.8. The Labute approximate surface area is 207 Å². The molecule has 0 saturated carbocycles. The van der Waals surface area contributed by atoms with Crippen LogP contribution in [0.1, 0.15) is 39.0 Å². The Bertz CT molecular complexity index is 1330. The maximum Gasteiger partial charge on any atom is 0.416 e. The first kappa shape index (κ1) is 25.7. The first-order valence-corrected chi connectivity index (χ1v) is 11.3. The van der Waals surface area contributed by atoms with Crippen LogP contribution in [0.15, 0.2) is 42.5 Å². The zero-order valence-electron chi connectivity index (χ0n) is 18.8. The van der Waals surface area contributed by atoms with E-state index < -0.39 is 35.9 Å². The number of carbonyl (C=O) groups is 1. The molecule has 0 saturated heterocycles.